The molecule has 29 heavy (non-hydrogen) atoms. The summed E-state index contributed by atoms with van der Waals surface area (Å²) in [5.74, 6) is 0.254. The maximum absolute atomic E-state index is 13.2. The van der Waals surface area contributed by atoms with E-state index in [1.54, 1.807) is 6.08 Å². The first-order chi connectivity index (χ1) is 14.1. The summed E-state index contributed by atoms with van der Waals surface area (Å²) in [7, 11) is 0. The lowest BCUT2D eigenvalue weighted by atomic mass is 9.92. The zero-order chi connectivity index (χ0) is 20.2. The zero-order valence-corrected chi connectivity index (χ0v) is 17.0. The third-order valence-corrected chi connectivity index (χ3v) is 5.99. The van der Waals surface area contributed by atoms with Crippen molar-refractivity contribution in [2.24, 2.45) is 5.92 Å². The minimum atomic E-state index is 0.00408. The van der Waals surface area contributed by atoms with Crippen LogP contribution in [0.3, 0.4) is 0 Å². The van der Waals surface area contributed by atoms with Gasteiger partial charge in [-0.3, -0.25) is 9.59 Å². The molecule has 0 aliphatic carbocycles. The van der Waals surface area contributed by atoms with Crippen molar-refractivity contribution >= 4 is 23.6 Å². The van der Waals surface area contributed by atoms with E-state index in [0.29, 0.717) is 13.1 Å². The topological polar surface area (TPSA) is 40.6 Å². The molecule has 2 aliphatic rings. The normalized spacial score (nSPS) is 17.4. The number of benzene rings is 2. The quantitative estimate of drug-likeness (QED) is 0.739. The molecule has 0 bridgehead atoms. The van der Waals surface area contributed by atoms with Crippen LogP contribution in [0.15, 0.2) is 54.6 Å². The lowest BCUT2D eigenvalue weighted by molar-refractivity contribution is -0.131. The summed E-state index contributed by atoms with van der Waals surface area (Å²) in [5, 5.41) is 0. The van der Waals surface area contributed by atoms with Gasteiger partial charge in [-0.15, -0.1) is 0 Å². The maximum Gasteiger partial charge on any atom is 0.246 e. The fraction of sp³-hybridized carbons (Fsp3) is 0.360. The first kappa shape index (κ1) is 19.4. The second kappa shape index (κ2) is 8.64. The van der Waals surface area contributed by atoms with Crippen LogP contribution in [0.25, 0.3) is 6.08 Å². The van der Waals surface area contributed by atoms with Crippen LogP contribution < -0.4 is 4.90 Å². The predicted octanol–water partition coefficient (Wildman–Crippen LogP) is 4.23. The van der Waals surface area contributed by atoms with Crippen molar-refractivity contribution < 1.29 is 9.59 Å². The van der Waals surface area contributed by atoms with Gasteiger partial charge in [0.05, 0.1) is 0 Å². The number of rotatable bonds is 3. The molecule has 4 heteroatoms. The Kier molecular flexibility index (Phi) is 5.79. The van der Waals surface area contributed by atoms with E-state index in [0.717, 1.165) is 43.5 Å². The highest BCUT2D eigenvalue weighted by atomic mass is 16.2. The standard InChI is InChI=1S/C25H28N2O2/c1-19-9-11-23-22(18-19)8-5-15-27(23)25(29)21-13-16-26(17-14-21)24(28)12-10-20-6-3-2-4-7-20/h2-4,6-7,9-12,18,21H,5,8,13-17H2,1H3/b12-10+. The first-order valence-corrected chi connectivity index (χ1v) is 10.5. The van der Waals surface area contributed by atoms with Gasteiger partial charge in [0.1, 0.15) is 0 Å². The number of carbonyl (C=O) groups excluding carboxylic acids is 2. The number of hydrogen-bond acceptors (Lipinski definition) is 2. The van der Waals surface area contributed by atoms with Gasteiger partial charge in [-0.25, -0.2) is 0 Å². The van der Waals surface area contributed by atoms with E-state index in [1.165, 1.54) is 11.1 Å². The van der Waals surface area contributed by atoms with Crippen molar-refractivity contribution in [3.05, 3.63) is 71.3 Å². The van der Waals surface area contributed by atoms with Crippen LogP contribution in [0, 0.1) is 12.8 Å². The highest BCUT2D eigenvalue weighted by Gasteiger charge is 2.32. The Hall–Kier alpha value is -2.88. The lowest BCUT2D eigenvalue weighted by Crippen LogP contribution is -2.45. The Morgan fingerprint density at radius 2 is 1.76 bits per heavy atom. The SMILES string of the molecule is Cc1ccc2c(c1)CCCN2C(=O)C1CCN(C(=O)/C=C/c2ccccc2)CC1. The van der Waals surface area contributed by atoms with E-state index >= 15 is 0 Å². The van der Waals surface area contributed by atoms with Gasteiger partial charge >= 0.3 is 0 Å². The molecule has 150 valence electrons. The molecule has 2 heterocycles. The van der Waals surface area contributed by atoms with Gasteiger partial charge in [-0.1, -0.05) is 48.0 Å². The number of anilines is 1. The van der Waals surface area contributed by atoms with E-state index in [4.69, 9.17) is 0 Å². The molecule has 2 amide bonds. The van der Waals surface area contributed by atoms with Crippen molar-refractivity contribution in [1.82, 2.24) is 4.90 Å². The number of hydrogen-bond donors (Lipinski definition) is 0. The van der Waals surface area contributed by atoms with Crippen LogP contribution in [0.5, 0.6) is 0 Å². The highest BCUT2D eigenvalue weighted by molar-refractivity contribution is 5.97. The van der Waals surface area contributed by atoms with Crippen molar-refractivity contribution in [2.75, 3.05) is 24.5 Å². The molecule has 2 aliphatic heterocycles. The molecular weight excluding hydrogens is 360 g/mol. The molecule has 4 nitrogen and oxygen atoms in total. The number of carbonyl (C=O) groups is 2. The molecule has 0 saturated carbocycles. The van der Waals surface area contributed by atoms with E-state index in [9.17, 15) is 9.59 Å². The van der Waals surface area contributed by atoms with Crippen LogP contribution >= 0.6 is 0 Å². The number of aryl methyl sites for hydroxylation is 2. The molecule has 0 N–H and O–H groups in total. The Balaban J connectivity index is 1.36. The van der Waals surface area contributed by atoms with Crippen LogP contribution in [-0.4, -0.2) is 36.3 Å². The molecule has 0 unspecified atom stereocenters. The molecule has 0 spiro atoms. The van der Waals surface area contributed by atoms with Gasteiger partial charge in [0.15, 0.2) is 0 Å². The molecule has 4 rings (SSSR count). The van der Waals surface area contributed by atoms with E-state index < -0.39 is 0 Å². The Labute approximate surface area is 172 Å². The third kappa shape index (κ3) is 4.42. The molecule has 0 radical (unpaired) electrons. The lowest BCUT2D eigenvalue weighted by Gasteiger charge is -2.36. The second-order valence-electron chi connectivity index (χ2n) is 8.07. The highest BCUT2D eigenvalue weighted by Crippen LogP contribution is 2.31. The number of likely N-dealkylation sites (tertiary alicyclic amines) is 1. The van der Waals surface area contributed by atoms with Crippen molar-refractivity contribution in [3.63, 3.8) is 0 Å². The number of fused-ring (bicyclic) bond motifs is 1. The fourth-order valence-corrected chi connectivity index (χ4v) is 4.36. The maximum atomic E-state index is 13.2. The van der Waals surface area contributed by atoms with Crippen LogP contribution in [0.2, 0.25) is 0 Å². The van der Waals surface area contributed by atoms with Crippen LogP contribution in [-0.2, 0) is 16.0 Å². The number of piperidine rings is 1. The summed E-state index contributed by atoms with van der Waals surface area (Å²) in [6.07, 6.45) is 7.03. The van der Waals surface area contributed by atoms with Crippen molar-refractivity contribution in [1.29, 1.82) is 0 Å². The van der Waals surface area contributed by atoms with Crippen molar-refractivity contribution in [3.8, 4) is 0 Å². The molecule has 2 aromatic rings. The predicted molar refractivity (Wildman–Crippen MR) is 117 cm³/mol. The molecule has 0 atom stereocenters. The van der Waals surface area contributed by atoms with Crippen LogP contribution in [0.1, 0.15) is 36.0 Å². The summed E-state index contributed by atoms with van der Waals surface area (Å²) in [6.45, 7) is 4.18. The van der Waals surface area contributed by atoms with Gasteiger partial charge in [0, 0.05) is 37.3 Å². The molecule has 1 fully saturated rings. The van der Waals surface area contributed by atoms with Gasteiger partial charge in [0.25, 0.3) is 0 Å². The van der Waals surface area contributed by atoms with Crippen LogP contribution in [0.4, 0.5) is 5.69 Å². The van der Waals surface area contributed by atoms with Gasteiger partial charge in [-0.2, -0.15) is 0 Å². The summed E-state index contributed by atoms with van der Waals surface area (Å²) in [6, 6.07) is 16.2. The summed E-state index contributed by atoms with van der Waals surface area (Å²) in [5.41, 5.74) is 4.62. The minimum absolute atomic E-state index is 0.00408. The average Bonchev–Trinajstić information content (AvgIpc) is 2.77. The molecule has 2 aromatic carbocycles. The minimum Gasteiger partial charge on any atom is -0.339 e. The number of nitrogens with zero attached hydrogens (tertiary/aromatic N) is 2. The van der Waals surface area contributed by atoms with E-state index in [-0.39, 0.29) is 17.7 Å². The fourth-order valence-electron chi connectivity index (χ4n) is 4.36. The van der Waals surface area contributed by atoms with E-state index in [1.807, 2.05) is 46.2 Å². The smallest absolute Gasteiger partial charge is 0.246 e. The second-order valence-corrected chi connectivity index (χ2v) is 8.07. The Morgan fingerprint density at radius 1 is 1.00 bits per heavy atom. The van der Waals surface area contributed by atoms with Crippen molar-refractivity contribution in [2.45, 2.75) is 32.6 Å². The molecule has 1 saturated heterocycles. The monoisotopic (exact) mass is 388 g/mol. The third-order valence-electron chi connectivity index (χ3n) is 5.99. The average molecular weight is 389 g/mol. The first-order valence-electron chi connectivity index (χ1n) is 10.5. The summed E-state index contributed by atoms with van der Waals surface area (Å²) in [4.78, 5) is 29.5. The molecular formula is C25H28N2O2. The van der Waals surface area contributed by atoms with Gasteiger partial charge in [-0.05, 0) is 55.9 Å². The molecule has 0 aromatic heterocycles. The summed E-state index contributed by atoms with van der Waals surface area (Å²) < 4.78 is 0. The van der Waals surface area contributed by atoms with E-state index in [2.05, 4.69) is 25.1 Å². The van der Waals surface area contributed by atoms with Gasteiger partial charge < -0.3 is 9.80 Å². The Bertz CT molecular complexity index is 912. The largest absolute Gasteiger partial charge is 0.339 e. The summed E-state index contributed by atoms with van der Waals surface area (Å²) >= 11 is 0. The zero-order valence-electron chi connectivity index (χ0n) is 17.0. The Morgan fingerprint density at radius 3 is 2.52 bits per heavy atom. The number of amides is 2. The van der Waals surface area contributed by atoms with Gasteiger partial charge in [0.2, 0.25) is 11.8 Å².